The maximum Gasteiger partial charge on any atom is 0.254 e. The molecule has 1 aliphatic rings. The van der Waals surface area contributed by atoms with Gasteiger partial charge in [0.15, 0.2) is 0 Å². The third kappa shape index (κ3) is 3.22. The molecule has 0 aromatic heterocycles. The normalized spacial score (nSPS) is 17.6. The molecule has 0 radical (unpaired) electrons. The van der Waals surface area contributed by atoms with Crippen molar-refractivity contribution in [2.24, 2.45) is 0 Å². The Morgan fingerprint density at radius 3 is 2.40 bits per heavy atom. The van der Waals surface area contributed by atoms with Crippen LogP contribution in [-0.4, -0.2) is 43.0 Å². The summed E-state index contributed by atoms with van der Waals surface area (Å²) in [5.74, 6) is 0.514. The Bertz CT molecular complexity index is 786. The van der Waals surface area contributed by atoms with E-state index in [1.54, 1.807) is 48.1 Å². The van der Waals surface area contributed by atoms with E-state index in [-0.39, 0.29) is 11.8 Å². The molecule has 2 amide bonds. The van der Waals surface area contributed by atoms with Crippen LogP contribution in [0.15, 0.2) is 48.5 Å². The Hall–Kier alpha value is -2.82. The van der Waals surface area contributed by atoms with E-state index in [0.29, 0.717) is 24.4 Å². The summed E-state index contributed by atoms with van der Waals surface area (Å²) in [5.41, 5.74) is 2.53. The van der Waals surface area contributed by atoms with Gasteiger partial charge >= 0.3 is 0 Å². The fourth-order valence-corrected chi connectivity index (χ4v) is 3.15. The van der Waals surface area contributed by atoms with Crippen molar-refractivity contribution in [3.63, 3.8) is 0 Å². The van der Waals surface area contributed by atoms with E-state index in [4.69, 9.17) is 4.74 Å². The first-order valence-corrected chi connectivity index (χ1v) is 8.35. The summed E-state index contributed by atoms with van der Waals surface area (Å²) >= 11 is 0. The molecule has 5 heteroatoms. The number of ether oxygens (including phenoxy) is 1. The van der Waals surface area contributed by atoms with Gasteiger partial charge in [-0.2, -0.15) is 0 Å². The number of aryl methyl sites for hydroxylation is 1. The van der Waals surface area contributed by atoms with Gasteiger partial charge in [0.05, 0.1) is 7.11 Å². The van der Waals surface area contributed by atoms with Crippen LogP contribution in [0.25, 0.3) is 0 Å². The smallest absolute Gasteiger partial charge is 0.254 e. The van der Waals surface area contributed by atoms with Crippen LogP contribution in [-0.2, 0) is 4.79 Å². The molecule has 0 spiro atoms. The monoisotopic (exact) mass is 338 g/mol. The highest BCUT2D eigenvalue weighted by molar-refractivity contribution is 6.03. The molecule has 1 heterocycles. The SMILES string of the molecule is COc1ccc(C(=O)N2CCN(c3ccccc3C)C(=O)[C@@H]2C)cc1. The highest BCUT2D eigenvalue weighted by atomic mass is 16.5. The van der Waals surface area contributed by atoms with Crippen LogP contribution in [0.2, 0.25) is 0 Å². The van der Waals surface area contributed by atoms with Gasteiger partial charge in [0.1, 0.15) is 11.8 Å². The Kier molecular flexibility index (Phi) is 4.74. The Morgan fingerprint density at radius 2 is 1.76 bits per heavy atom. The predicted molar refractivity (Wildman–Crippen MR) is 97.0 cm³/mol. The average molecular weight is 338 g/mol. The zero-order valence-electron chi connectivity index (χ0n) is 14.7. The molecule has 1 saturated heterocycles. The Labute approximate surface area is 147 Å². The molecule has 1 atom stereocenters. The van der Waals surface area contributed by atoms with E-state index >= 15 is 0 Å². The lowest BCUT2D eigenvalue weighted by Gasteiger charge is -2.39. The quantitative estimate of drug-likeness (QED) is 0.865. The number of piperazine rings is 1. The van der Waals surface area contributed by atoms with E-state index in [1.165, 1.54) is 0 Å². The van der Waals surface area contributed by atoms with Gasteiger partial charge in [-0.05, 0) is 49.7 Å². The topological polar surface area (TPSA) is 49.9 Å². The number of anilines is 1. The number of para-hydroxylation sites is 1. The summed E-state index contributed by atoms with van der Waals surface area (Å²) in [4.78, 5) is 29.0. The van der Waals surface area contributed by atoms with Gasteiger partial charge in [0.2, 0.25) is 5.91 Å². The summed E-state index contributed by atoms with van der Waals surface area (Å²) < 4.78 is 5.12. The van der Waals surface area contributed by atoms with Crippen LogP contribution >= 0.6 is 0 Å². The number of carbonyl (C=O) groups excluding carboxylic acids is 2. The molecule has 0 saturated carbocycles. The van der Waals surface area contributed by atoms with Crippen LogP contribution in [0.3, 0.4) is 0 Å². The van der Waals surface area contributed by atoms with Crippen molar-refractivity contribution in [3.05, 3.63) is 59.7 Å². The number of hydrogen-bond donors (Lipinski definition) is 0. The molecule has 2 aromatic carbocycles. The summed E-state index contributed by atoms with van der Waals surface area (Å²) in [6, 6.07) is 14.3. The first-order valence-electron chi connectivity index (χ1n) is 8.35. The third-order valence-electron chi connectivity index (χ3n) is 4.66. The van der Waals surface area contributed by atoms with Gasteiger partial charge in [-0.1, -0.05) is 18.2 Å². The van der Waals surface area contributed by atoms with Crippen molar-refractivity contribution in [2.45, 2.75) is 19.9 Å². The van der Waals surface area contributed by atoms with Crippen molar-refractivity contribution in [1.29, 1.82) is 0 Å². The van der Waals surface area contributed by atoms with Gasteiger partial charge in [-0.3, -0.25) is 9.59 Å². The minimum Gasteiger partial charge on any atom is -0.497 e. The van der Waals surface area contributed by atoms with Crippen molar-refractivity contribution < 1.29 is 14.3 Å². The number of amides is 2. The second kappa shape index (κ2) is 6.97. The van der Waals surface area contributed by atoms with Gasteiger partial charge in [-0.25, -0.2) is 0 Å². The van der Waals surface area contributed by atoms with Crippen LogP contribution in [0.5, 0.6) is 5.75 Å². The molecule has 25 heavy (non-hydrogen) atoms. The first kappa shape index (κ1) is 17.0. The van der Waals surface area contributed by atoms with Crippen molar-refractivity contribution in [1.82, 2.24) is 4.90 Å². The molecule has 0 aliphatic carbocycles. The van der Waals surface area contributed by atoms with Gasteiger partial charge in [0, 0.05) is 24.3 Å². The lowest BCUT2D eigenvalue weighted by Crippen LogP contribution is -2.57. The zero-order valence-corrected chi connectivity index (χ0v) is 14.7. The molecule has 1 fully saturated rings. The van der Waals surface area contributed by atoms with Crippen LogP contribution < -0.4 is 9.64 Å². The predicted octanol–water partition coefficient (Wildman–Crippen LogP) is 2.88. The minimum absolute atomic E-state index is 0.0533. The van der Waals surface area contributed by atoms with Crippen molar-refractivity contribution >= 4 is 17.5 Å². The first-order chi connectivity index (χ1) is 12.0. The average Bonchev–Trinajstić information content (AvgIpc) is 2.64. The Balaban J connectivity index is 1.79. The van der Waals surface area contributed by atoms with Crippen LogP contribution in [0.1, 0.15) is 22.8 Å². The summed E-state index contributed by atoms with van der Waals surface area (Å²) in [6.45, 7) is 4.78. The van der Waals surface area contributed by atoms with E-state index in [9.17, 15) is 9.59 Å². The lowest BCUT2D eigenvalue weighted by molar-refractivity contribution is -0.124. The number of nitrogens with zero attached hydrogens (tertiary/aromatic N) is 2. The molecule has 130 valence electrons. The number of carbonyl (C=O) groups is 2. The third-order valence-corrected chi connectivity index (χ3v) is 4.66. The maximum atomic E-state index is 12.8. The standard InChI is InChI=1S/C20H22N2O3/c1-14-6-4-5-7-18(14)22-13-12-21(15(2)19(22)23)20(24)16-8-10-17(25-3)11-9-16/h4-11,15H,12-13H2,1-3H3/t15-/m0/s1. The number of hydrogen-bond acceptors (Lipinski definition) is 3. The van der Waals surface area contributed by atoms with Crippen LogP contribution in [0.4, 0.5) is 5.69 Å². The van der Waals surface area contributed by atoms with Gasteiger partial charge in [-0.15, -0.1) is 0 Å². The molecular formula is C20H22N2O3. The minimum atomic E-state index is -0.497. The zero-order chi connectivity index (χ0) is 18.0. The molecule has 0 unspecified atom stereocenters. The van der Waals surface area contributed by atoms with Gasteiger partial charge in [0.25, 0.3) is 5.91 Å². The fourth-order valence-electron chi connectivity index (χ4n) is 3.15. The lowest BCUT2D eigenvalue weighted by atomic mass is 10.1. The van der Waals surface area contributed by atoms with Crippen molar-refractivity contribution in [2.75, 3.05) is 25.1 Å². The number of methoxy groups -OCH3 is 1. The molecule has 5 nitrogen and oxygen atoms in total. The molecule has 2 aromatic rings. The second-order valence-electron chi connectivity index (χ2n) is 6.18. The van der Waals surface area contributed by atoms with E-state index in [2.05, 4.69) is 0 Å². The Morgan fingerprint density at radius 1 is 1.08 bits per heavy atom. The molecule has 3 rings (SSSR count). The highest BCUT2D eigenvalue weighted by Gasteiger charge is 2.35. The van der Waals surface area contributed by atoms with Crippen molar-refractivity contribution in [3.8, 4) is 5.75 Å². The van der Waals surface area contributed by atoms with E-state index in [1.807, 2.05) is 31.2 Å². The maximum absolute atomic E-state index is 12.8. The van der Waals surface area contributed by atoms with E-state index < -0.39 is 6.04 Å². The summed E-state index contributed by atoms with van der Waals surface area (Å²) in [6.07, 6.45) is 0. The summed E-state index contributed by atoms with van der Waals surface area (Å²) in [7, 11) is 1.59. The van der Waals surface area contributed by atoms with E-state index in [0.717, 1.165) is 11.3 Å². The molecule has 0 bridgehead atoms. The fraction of sp³-hybridized carbons (Fsp3) is 0.300. The number of benzene rings is 2. The van der Waals surface area contributed by atoms with Crippen LogP contribution in [0, 0.1) is 6.92 Å². The molecular weight excluding hydrogens is 316 g/mol. The largest absolute Gasteiger partial charge is 0.497 e. The number of rotatable bonds is 3. The summed E-state index contributed by atoms with van der Waals surface area (Å²) in [5, 5.41) is 0. The molecule has 0 N–H and O–H groups in total. The highest BCUT2D eigenvalue weighted by Crippen LogP contribution is 2.25. The second-order valence-corrected chi connectivity index (χ2v) is 6.18. The van der Waals surface area contributed by atoms with Gasteiger partial charge < -0.3 is 14.5 Å². The molecule has 1 aliphatic heterocycles.